The molecule has 43 heavy (non-hydrogen) atoms. The molecular formula is C31H22BrClN2O7S. The summed E-state index contributed by atoms with van der Waals surface area (Å²) >= 11 is 9.23. The maximum absolute atomic E-state index is 13.7. The van der Waals surface area contributed by atoms with Crippen molar-refractivity contribution in [2.24, 2.45) is 0 Å². The Labute approximate surface area is 261 Å². The predicted molar refractivity (Wildman–Crippen MR) is 166 cm³/mol. The van der Waals surface area contributed by atoms with Crippen molar-refractivity contribution in [2.45, 2.75) is 11.8 Å². The molecule has 1 saturated heterocycles. The first-order chi connectivity index (χ1) is 20.6. The van der Waals surface area contributed by atoms with Crippen LogP contribution in [0, 0.1) is 0 Å². The lowest BCUT2D eigenvalue weighted by atomic mass is 10.0. The minimum absolute atomic E-state index is 0.0351. The molecule has 12 heteroatoms. The molecule has 9 nitrogen and oxygen atoms in total. The number of hydrogen-bond donors (Lipinski definition) is 0. The number of para-hydroxylation sites is 2. The molecule has 0 atom stereocenters. The summed E-state index contributed by atoms with van der Waals surface area (Å²) < 4.78 is 37.3. The third-order valence-corrected chi connectivity index (χ3v) is 8.29. The van der Waals surface area contributed by atoms with E-state index in [0.29, 0.717) is 10.6 Å². The number of halogens is 2. The standard InChI is InChI=1S/C31H22BrClN2O7S/c1-2-41-27-19-20(18-26(32)28(27)42-43(39,40)24-15-13-21(33)14-16-24)17-25-29(36)34(22-9-5-3-6-10-22)31(38)35(30(25)37)23-11-7-4-8-12-23/h3-19H,2H2,1H3. The zero-order valence-electron chi connectivity index (χ0n) is 22.4. The van der Waals surface area contributed by atoms with Crippen molar-refractivity contribution in [2.75, 3.05) is 16.4 Å². The summed E-state index contributed by atoms with van der Waals surface area (Å²) in [6, 6.07) is 24.1. The first-order valence-electron chi connectivity index (χ1n) is 12.8. The van der Waals surface area contributed by atoms with Crippen LogP contribution < -0.4 is 18.7 Å². The van der Waals surface area contributed by atoms with E-state index in [9.17, 15) is 22.8 Å². The molecule has 1 aliphatic heterocycles. The number of rotatable bonds is 8. The SMILES string of the molecule is CCOc1cc(C=C2C(=O)N(c3ccccc3)C(=O)N(c3ccccc3)C2=O)cc(Br)c1OS(=O)(=O)c1ccc(Cl)cc1. The number of urea groups is 1. The molecular weight excluding hydrogens is 660 g/mol. The van der Waals surface area contributed by atoms with Crippen LogP contribution in [0.4, 0.5) is 16.2 Å². The first-order valence-corrected chi connectivity index (χ1v) is 15.4. The third kappa shape index (κ3) is 6.19. The summed E-state index contributed by atoms with van der Waals surface area (Å²) in [5.74, 6) is -1.75. The fraction of sp³-hybridized carbons (Fsp3) is 0.0645. The average Bonchev–Trinajstić information content (AvgIpc) is 2.98. The topological polar surface area (TPSA) is 110 Å². The van der Waals surface area contributed by atoms with Gasteiger partial charge in [0.25, 0.3) is 11.8 Å². The summed E-state index contributed by atoms with van der Waals surface area (Å²) in [7, 11) is -4.28. The molecule has 5 rings (SSSR count). The summed E-state index contributed by atoms with van der Waals surface area (Å²) in [5.41, 5.74) is 0.566. The number of anilines is 2. The van der Waals surface area contributed by atoms with Gasteiger partial charge < -0.3 is 8.92 Å². The highest BCUT2D eigenvalue weighted by molar-refractivity contribution is 9.10. The molecule has 0 bridgehead atoms. The highest BCUT2D eigenvalue weighted by Gasteiger charge is 2.43. The van der Waals surface area contributed by atoms with Crippen LogP contribution in [0.1, 0.15) is 12.5 Å². The van der Waals surface area contributed by atoms with Crippen molar-refractivity contribution in [1.82, 2.24) is 0 Å². The predicted octanol–water partition coefficient (Wildman–Crippen LogP) is 6.85. The Morgan fingerprint density at radius 3 is 1.86 bits per heavy atom. The van der Waals surface area contributed by atoms with E-state index in [1.165, 1.54) is 42.5 Å². The molecule has 0 saturated carbocycles. The lowest BCUT2D eigenvalue weighted by molar-refractivity contribution is -0.121. The van der Waals surface area contributed by atoms with Crippen LogP contribution in [0.3, 0.4) is 0 Å². The second-order valence-electron chi connectivity index (χ2n) is 9.05. The van der Waals surface area contributed by atoms with Gasteiger partial charge in [0.15, 0.2) is 11.5 Å². The minimum atomic E-state index is -4.28. The molecule has 4 aromatic carbocycles. The van der Waals surface area contributed by atoms with Crippen LogP contribution in [0.25, 0.3) is 6.08 Å². The van der Waals surface area contributed by atoms with Crippen LogP contribution in [0.5, 0.6) is 11.5 Å². The quantitative estimate of drug-likeness (QED) is 0.114. The van der Waals surface area contributed by atoms with Gasteiger partial charge in [0.1, 0.15) is 10.5 Å². The molecule has 1 heterocycles. The van der Waals surface area contributed by atoms with E-state index in [1.54, 1.807) is 67.6 Å². The van der Waals surface area contributed by atoms with Crippen molar-refractivity contribution in [1.29, 1.82) is 0 Å². The van der Waals surface area contributed by atoms with Crippen LogP contribution >= 0.6 is 27.5 Å². The fourth-order valence-electron chi connectivity index (χ4n) is 4.28. The van der Waals surface area contributed by atoms with Crippen molar-refractivity contribution in [3.8, 4) is 11.5 Å². The van der Waals surface area contributed by atoms with Gasteiger partial charge in [-0.1, -0.05) is 48.0 Å². The van der Waals surface area contributed by atoms with E-state index in [2.05, 4.69) is 15.9 Å². The maximum atomic E-state index is 13.7. The maximum Gasteiger partial charge on any atom is 0.343 e. The zero-order valence-corrected chi connectivity index (χ0v) is 25.6. The van der Waals surface area contributed by atoms with Gasteiger partial charge in [-0.05, 0) is 95.2 Å². The van der Waals surface area contributed by atoms with Gasteiger partial charge in [0, 0.05) is 5.02 Å². The Kier molecular flexibility index (Phi) is 8.67. The number of imide groups is 2. The Hall–Kier alpha value is -4.45. The van der Waals surface area contributed by atoms with Crippen LogP contribution in [0.15, 0.2) is 112 Å². The molecule has 0 aliphatic carbocycles. The monoisotopic (exact) mass is 680 g/mol. The van der Waals surface area contributed by atoms with E-state index in [-0.39, 0.29) is 44.4 Å². The number of barbiturate groups is 1. The van der Waals surface area contributed by atoms with Crippen molar-refractivity contribution < 1.29 is 31.7 Å². The number of amides is 4. The van der Waals surface area contributed by atoms with Crippen molar-refractivity contribution in [3.63, 3.8) is 0 Å². The highest BCUT2D eigenvalue weighted by atomic mass is 79.9. The zero-order chi connectivity index (χ0) is 30.7. The molecule has 0 N–H and O–H groups in total. The van der Waals surface area contributed by atoms with E-state index < -0.39 is 28.0 Å². The molecule has 0 radical (unpaired) electrons. The number of nitrogens with zero attached hydrogens (tertiary/aromatic N) is 2. The van der Waals surface area contributed by atoms with Gasteiger partial charge in [-0.3, -0.25) is 9.59 Å². The van der Waals surface area contributed by atoms with Gasteiger partial charge >= 0.3 is 16.1 Å². The first kappa shape index (κ1) is 30.0. The number of carbonyl (C=O) groups excluding carboxylic acids is 3. The summed E-state index contributed by atoms with van der Waals surface area (Å²) in [5, 5.41) is 0.359. The lowest BCUT2D eigenvalue weighted by Crippen LogP contribution is -2.57. The van der Waals surface area contributed by atoms with E-state index in [0.717, 1.165) is 9.80 Å². The summed E-state index contributed by atoms with van der Waals surface area (Å²) in [4.78, 5) is 42.6. The highest BCUT2D eigenvalue weighted by Crippen LogP contribution is 2.40. The van der Waals surface area contributed by atoms with Crippen LogP contribution in [0.2, 0.25) is 5.02 Å². The van der Waals surface area contributed by atoms with E-state index in [4.69, 9.17) is 20.5 Å². The van der Waals surface area contributed by atoms with Crippen molar-refractivity contribution in [3.05, 3.63) is 118 Å². The number of ether oxygens (including phenoxy) is 1. The van der Waals surface area contributed by atoms with Gasteiger partial charge in [-0.15, -0.1) is 0 Å². The normalized spacial score (nSPS) is 13.7. The number of carbonyl (C=O) groups is 3. The molecule has 1 fully saturated rings. The van der Waals surface area contributed by atoms with E-state index >= 15 is 0 Å². The Balaban J connectivity index is 1.59. The largest absolute Gasteiger partial charge is 0.490 e. The molecule has 218 valence electrons. The van der Waals surface area contributed by atoms with Crippen molar-refractivity contribution >= 4 is 72.9 Å². The Morgan fingerprint density at radius 2 is 1.35 bits per heavy atom. The van der Waals surface area contributed by atoms with E-state index in [1.807, 2.05) is 0 Å². The molecule has 1 aliphatic rings. The average molecular weight is 682 g/mol. The Bertz CT molecular complexity index is 1790. The molecule has 4 aromatic rings. The molecule has 0 unspecified atom stereocenters. The third-order valence-electron chi connectivity index (χ3n) is 6.22. The van der Waals surface area contributed by atoms with Gasteiger partial charge in [-0.25, -0.2) is 14.6 Å². The lowest BCUT2D eigenvalue weighted by Gasteiger charge is -2.34. The fourth-order valence-corrected chi connectivity index (χ4v) is 6.01. The van der Waals surface area contributed by atoms with Gasteiger partial charge in [0.2, 0.25) is 0 Å². The number of hydrogen-bond acceptors (Lipinski definition) is 7. The number of benzene rings is 4. The van der Waals surface area contributed by atoms with Gasteiger partial charge in [-0.2, -0.15) is 8.42 Å². The summed E-state index contributed by atoms with van der Waals surface area (Å²) in [6.07, 6.45) is 1.31. The second-order valence-corrected chi connectivity index (χ2v) is 11.9. The second kappa shape index (κ2) is 12.4. The summed E-state index contributed by atoms with van der Waals surface area (Å²) in [6.45, 7) is 1.85. The molecule has 0 spiro atoms. The Morgan fingerprint density at radius 1 is 0.814 bits per heavy atom. The van der Waals surface area contributed by atoms with Crippen LogP contribution in [-0.4, -0.2) is 32.9 Å². The minimum Gasteiger partial charge on any atom is -0.490 e. The molecule has 0 aromatic heterocycles. The smallest absolute Gasteiger partial charge is 0.343 e. The van der Waals surface area contributed by atoms with Gasteiger partial charge in [0.05, 0.1) is 22.5 Å². The molecule has 4 amide bonds. The van der Waals surface area contributed by atoms with Crippen LogP contribution in [-0.2, 0) is 19.7 Å².